The van der Waals surface area contributed by atoms with E-state index in [1.54, 1.807) is 0 Å². The minimum Gasteiger partial charge on any atom is -0.488 e. The Bertz CT molecular complexity index is 507. The van der Waals surface area contributed by atoms with Crippen molar-refractivity contribution < 1.29 is 14.3 Å². The number of fused-ring (bicyclic) bond motifs is 1. The van der Waals surface area contributed by atoms with Gasteiger partial charge in [-0.25, -0.2) is 4.79 Å². The second-order valence-corrected chi connectivity index (χ2v) is 6.14. The first-order valence-electron chi connectivity index (χ1n) is 8.30. The highest BCUT2D eigenvalue weighted by molar-refractivity contribution is 5.73. The number of morpholine rings is 1. The Labute approximate surface area is 137 Å². The number of para-hydroxylation sites is 1. The Balaban J connectivity index is 1.34. The molecule has 0 bridgehead atoms. The van der Waals surface area contributed by atoms with Crippen molar-refractivity contribution in [3.8, 4) is 5.75 Å². The second-order valence-electron chi connectivity index (χ2n) is 6.14. The summed E-state index contributed by atoms with van der Waals surface area (Å²) in [6.07, 6.45) is 0.871. The molecule has 1 aromatic rings. The first kappa shape index (κ1) is 16.1. The number of carbonyl (C=O) groups excluding carboxylic acids is 1. The van der Waals surface area contributed by atoms with E-state index in [4.69, 9.17) is 9.47 Å². The summed E-state index contributed by atoms with van der Waals surface area (Å²) in [7, 11) is 0. The van der Waals surface area contributed by atoms with E-state index in [0.29, 0.717) is 19.1 Å². The predicted molar refractivity (Wildman–Crippen MR) is 87.8 cm³/mol. The quantitative estimate of drug-likeness (QED) is 0.850. The number of urea groups is 1. The van der Waals surface area contributed by atoms with E-state index in [1.165, 1.54) is 5.56 Å². The zero-order valence-electron chi connectivity index (χ0n) is 13.6. The lowest BCUT2D eigenvalue weighted by atomic mass is 10.1. The molecule has 6 nitrogen and oxygen atoms in total. The summed E-state index contributed by atoms with van der Waals surface area (Å²) in [6, 6.07) is 8.20. The van der Waals surface area contributed by atoms with E-state index in [0.717, 1.165) is 38.5 Å². The van der Waals surface area contributed by atoms with Crippen LogP contribution in [0, 0.1) is 0 Å². The van der Waals surface area contributed by atoms with Crippen molar-refractivity contribution in [2.24, 2.45) is 0 Å². The van der Waals surface area contributed by atoms with Crippen LogP contribution in [0.15, 0.2) is 24.3 Å². The fourth-order valence-electron chi connectivity index (χ4n) is 3.02. The molecular formula is C17H25N3O3. The Kier molecular flexibility index (Phi) is 5.35. The van der Waals surface area contributed by atoms with E-state index in [9.17, 15) is 4.79 Å². The van der Waals surface area contributed by atoms with E-state index < -0.39 is 0 Å². The number of carbonyl (C=O) groups is 1. The Morgan fingerprint density at radius 2 is 2.09 bits per heavy atom. The van der Waals surface area contributed by atoms with E-state index in [2.05, 4.69) is 28.5 Å². The number of hydrogen-bond donors (Lipinski definition) is 2. The number of nitrogens with one attached hydrogen (secondary N) is 2. The van der Waals surface area contributed by atoms with Gasteiger partial charge in [0.25, 0.3) is 0 Å². The van der Waals surface area contributed by atoms with Gasteiger partial charge in [-0.05, 0) is 18.6 Å². The van der Waals surface area contributed by atoms with Crippen molar-refractivity contribution in [1.82, 2.24) is 15.5 Å². The van der Waals surface area contributed by atoms with Crippen molar-refractivity contribution in [2.75, 3.05) is 39.4 Å². The molecule has 2 N–H and O–H groups in total. The smallest absolute Gasteiger partial charge is 0.314 e. The molecule has 0 aromatic heterocycles. The number of benzene rings is 1. The zero-order chi connectivity index (χ0) is 16.1. The molecule has 2 aliphatic rings. The lowest BCUT2D eigenvalue weighted by Crippen LogP contribution is -2.49. The number of ether oxygens (including phenoxy) is 2. The van der Waals surface area contributed by atoms with Crippen LogP contribution in [0.3, 0.4) is 0 Å². The average molecular weight is 319 g/mol. The lowest BCUT2D eigenvalue weighted by molar-refractivity contribution is 0.0209. The zero-order valence-corrected chi connectivity index (χ0v) is 13.6. The molecule has 0 radical (unpaired) electrons. The topological polar surface area (TPSA) is 62.8 Å². The van der Waals surface area contributed by atoms with E-state index in [1.807, 2.05) is 18.2 Å². The van der Waals surface area contributed by atoms with Crippen LogP contribution < -0.4 is 15.4 Å². The van der Waals surface area contributed by atoms with Crippen molar-refractivity contribution >= 4 is 6.03 Å². The molecule has 0 unspecified atom stereocenters. The highest BCUT2D eigenvalue weighted by Crippen LogP contribution is 2.27. The Morgan fingerprint density at radius 1 is 1.30 bits per heavy atom. The van der Waals surface area contributed by atoms with Gasteiger partial charge in [-0.1, -0.05) is 18.2 Å². The molecule has 1 aromatic carbocycles. The Morgan fingerprint density at radius 3 is 2.87 bits per heavy atom. The highest BCUT2D eigenvalue weighted by Gasteiger charge is 2.23. The third-order valence-corrected chi connectivity index (χ3v) is 4.43. The van der Waals surface area contributed by atoms with Gasteiger partial charge in [-0.3, -0.25) is 4.90 Å². The molecule has 23 heavy (non-hydrogen) atoms. The van der Waals surface area contributed by atoms with Gasteiger partial charge in [-0.15, -0.1) is 0 Å². The lowest BCUT2D eigenvalue weighted by Gasteiger charge is -2.32. The van der Waals surface area contributed by atoms with Crippen molar-refractivity contribution in [1.29, 1.82) is 0 Å². The van der Waals surface area contributed by atoms with Gasteiger partial charge in [0, 0.05) is 32.1 Å². The van der Waals surface area contributed by atoms with Crippen molar-refractivity contribution in [3.05, 3.63) is 29.8 Å². The van der Waals surface area contributed by atoms with Gasteiger partial charge < -0.3 is 20.1 Å². The maximum absolute atomic E-state index is 11.9. The van der Waals surface area contributed by atoms with Crippen LogP contribution in [0.1, 0.15) is 12.5 Å². The van der Waals surface area contributed by atoms with Crippen molar-refractivity contribution in [3.63, 3.8) is 0 Å². The highest BCUT2D eigenvalue weighted by atomic mass is 16.5. The van der Waals surface area contributed by atoms with Gasteiger partial charge in [-0.2, -0.15) is 0 Å². The molecular weight excluding hydrogens is 294 g/mol. The summed E-state index contributed by atoms with van der Waals surface area (Å²) < 4.78 is 11.2. The molecule has 2 heterocycles. The van der Waals surface area contributed by atoms with Gasteiger partial charge in [0.1, 0.15) is 11.9 Å². The molecule has 0 spiro atoms. The first-order chi connectivity index (χ1) is 11.2. The molecule has 126 valence electrons. The Hall–Kier alpha value is -1.79. The summed E-state index contributed by atoms with van der Waals surface area (Å²) in [5.41, 5.74) is 1.21. The summed E-state index contributed by atoms with van der Waals surface area (Å²) >= 11 is 0. The summed E-state index contributed by atoms with van der Waals surface area (Å²) in [6.45, 7) is 6.69. The number of nitrogens with zero attached hydrogens (tertiary/aromatic N) is 1. The summed E-state index contributed by atoms with van der Waals surface area (Å²) in [5.74, 6) is 0.931. The van der Waals surface area contributed by atoms with Gasteiger partial charge >= 0.3 is 6.03 Å². The number of rotatable bonds is 5. The van der Waals surface area contributed by atoms with Crippen LogP contribution in [0.4, 0.5) is 4.79 Å². The van der Waals surface area contributed by atoms with Crippen LogP contribution in [-0.4, -0.2) is 62.5 Å². The predicted octanol–water partition coefficient (Wildman–Crippen LogP) is 1.01. The molecule has 0 saturated carbocycles. The molecule has 3 rings (SSSR count). The number of amides is 2. The van der Waals surface area contributed by atoms with Crippen LogP contribution in [0.2, 0.25) is 0 Å². The fourth-order valence-corrected chi connectivity index (χ4v) is 3.02. The molecule has 2 amide bonds. The minimum atomic E-state index is -0.135. The summed E-state index contributed by atoms with van der Waals surface area (Å²) in [5, 5.41) is 5.84. The van der Waals surface area contributed by atoms with Crippen LogP contribution >= 0.6 is 0 Å². The molecule has 0 aliphatic carbocycles. The van der Waals surface area contributed by atoms with Gasteiger partial charge in [0.2, 0.25) is 0 Å². The van der Waals surface area contributed by atoms with Crippen LogP contribution in [-0.2, 0) is 11.2 Å². The minimum absolute atomic E-state index is 0.0230. The number of hydrogen-bond acceptors (Lipinski definition) is 4. The first-order valence-corrected chi connectivity index (χ1v) is 8.30. The molecule has 2 aliphatic heterocycles. The second kappa shape index (κ2) is 7.66. The SMILES string of the molecule is C[C@@H](CNC(=O)NC[C@H]1Cc2ccccc2O1)N1CCOCC1. The summed E-state index contributed by atoms with van der Waals surface area (Å²) in [4.78, 5) is 14.3. The van der Waals surface area contributed by atoms with Gasteiger partial charge in [0.05, 0.1) is 19.8 Å². The third-order valence-electron chi connectivity index (χ3n) is 4.43. The van der Waals surface area contributed by atoms with Crippen LogP contribution in [0.5, 0.6) is 5.75 Å². The third kappa shape index (κ3) is 4.36. The standard InChI is InChI=1S/C17H25N3O3/c1-13(20-6-8-22-9-7-20)11-18-17(21)19-12-15-10-14-4-2-3-5-16(14)23-15/h2-5,13,15H,6-12H2,1H3,(H2,18,19,21)/t13-,15+/m0/s1. The monoisotopic (exact) mass is 319 g/mol. The normalized spacial score (nSPS) is 22.0. The van der Waals surface area contributed by atoms with Gasteiger partial charge in [0.15, 0.2) is 0 Å². The van der Waals surface area contributed by atoms with Crippen LogP contribution in [0.25, 0.3) is 0 Å². The van der Waals surface area contributed by atoms with Crippen molar-refractivity contribution in [2.45, 2.75) is 25.5 Å². The van der Waals surface area contributed by atoms with E-state index >= 15 is 0 Å². The fraction of sp³-hybridized carbons (Fsp3) is 0.588. The molecule has 1 fully saturated rings. The largest absolute Gasteiger partial charge is 0.488 e. The molecule has 6 heteroatoms. The molecule has 2 atom stereocenters. The maximum Gasteiger partial charge on any atom is 0.314 e. The van der Waals surface area contributed by atoms with E-state index in [-0.39, 0.29) is 12.1 Å². The maximum atomic E-state index is 11.9. The molecule has 1 saturated heterocycles. The average Bonchev–Trinajstić information content (AvgIpc) is 3.01.